The second-order valence-corrected chi connectivity index (χ2v) is 9.16. The quantitative estimate of drug-likeness (QED) is 0.750. The molecule has 5 rings (SSSR count). The van der Waals surface area contributed by atoms with Crippen LogP contribution in [0.25, 0.3) is 0 Å². The van der Waals surface area contributed by atoms with Crippen molar-refractivity contribution >= 4 is 22.9 Å². The van der Waals surface area contributed by atoms with Crippen LogP contribution in [0.5, 0.6) is 0 Å². The lowest BCUT2D eigenvalue weighted by Gasteiger charge is -2.32. The van der Waals surface area contributed by atoms with Gasteiger partial charge in [-0.1, -0.05) is 0 Å². The molecule has 2 aromatic heterocycles. The molecule has 6 nitrogen and oxygen atoms in total. The van der Waals surface area contributed by atoms with Crippen LogP contribution in [0.3, 0.4) is 0 Å². The van der Waals surface area contributed by atoms with Gasteiger partial charge in [-0.2, -0.15) is 16.4 Å². The molecule has 28 heavy (non-hydrogen) atoms. The van der Waals surface area contributed by atoms with Crippen LogP contribution in [0, 0.1) is 0 Å². The standard InChI is InChI=1S/C21H29N5OS/c1-2-26-20(19(12-22-26)24-21(27)14-7-10-28-13-14)17-11-18(17)23-15-5-8-25(9-6-15)16-3-4-16/h7,10,12-13,15-18,23H,2-6,8-9,11H2,1H3,(H,24,27). The largest absolute Gasteiger partial charge is 0.319 e. The van der Waals surface area contributed by atoms with Crippen LogP contribution >= 0.6 is 11.3 Å². The second kappa shape index (κ2) is 7.61. The molecule has 0 bridgehead atoms. The second-order valence-electron chi connectivity index (χ2n) is 8.38. The summed E-state index contributed by atoms with van der Waals surface area (Å²) in [4.78, 5) is 15.2. The van der Waals surface area contributed by atoms with Crippen molar-refractivity contribution in [2.24, 2.45) is 0 Å². The summed E-state index contributed by atoms with van der Waals surface area (Å²) in [6.07, 6.45) is 8.28. The number of nitrogens with zero attached hydrogens (tertiary/aromatic N) is 3. The minimum atomic E-state index is -0.0456. The minimum Gasteiger partial charge on any atom is -0.319 e. The Bertz CT molecular complexity index is 820. The van der Waals surface area contributed by atoms with Gasteiger partial charge < -0.3 is 15.5 Å². The minimum absolute atomic E-state index is 0.0456. The third-order valence-corrected chi connectivity index (χ3v) is 7.08. The summed E-state index contributed by atoms with van der Waals surface area (Å²) in [7, 11) is 0. The summed E-state index contributed by atoms with van der Waals surface area (Å²) < 4.78 is 2.05. The molecule has 2 aromatic rings. The maximum atomic E-state index is 12.5. The molecule has 1 saturated heterocycles. The molecule has 1 amide bonds. The van der Waals surface area contributed by atoms with Gasteiger partial charge in [0.2, 0.25) is 0 Å². The molecule has 3 fully saturated rings. The molecule has 2 aliphatic carbocycles. The zero-order valence-corrected chi connectivity index (χ0v) is 17.3. The van der Waals surface area contributed by atoms with Crippen molar-refractivity contribution in [1.82, 2.24) is 20.0 Å². The van der Waals surface area contributed by atoms with Crippen LogP contribution in [0.4, 0.5) is 5.69 Å². The molecule has 0 spiro atoms. The fraction of sp³-hybridized carbons (Fsp3) is 0.619. The highest BCUT2D eigenvalue weighted by Gasteiger charge is 2.44. The molecule has 1 aliphatic heterocycles. The van der Waals surface area contributed by atoms with Gasteiger partial charge in [-0.25, -0.2) is 0 Å². The van der Waals surface area contributed by atoms with Crippen LogP contribution in [0.2, 0.25) is 0 Å². The van der Waals surface area contributed by atoms with Gasteiger partial charge in [-0.3, -0.25) is 9.48 Å². The number of likely N-dealkylation sites (tertiary alicyclic amines) is 1. The molecule has 2 N–H and O–H groups in total. The first kappa shape index (κ1) is 18.3. The molecule has 7 heteroatoms. The molecule has 2 unspecified atom stereocenters. The molecular weight excluding hydrogens is 370 g/mol. The summed E-state index contributed by atoms with van der Waals surface area (Å²) in [5.41, 5.74) is 2.77. The van der Waals surface area contributed by atoms with Crippen molar-refractivity contribution in [3.8, 4) is 0 Å². The number of anilines is 1. The van der Waals surface area contributed by atoms with Crippen molar-refractivity contribution in [2.45, 2.75) is 69.6 Å². The predicted octanol–water partition coefficient (Wildman–Crippen LogP) is 3.29. The van der Waals surface area contributed by atoms with Gasteiger partial charge >= 0.3 is 0 Å². The topological polar surface area (TPSA) is 62.2 Å². The van der Waals surface area contributed by atoms with E-state index in [0.717, 1.165) is 24.7 Å². The maximum Gasteiger partial charge on any atom is 0.256 e. The van der Waals surface area contributed by atoms with Gasteiger partial charge in [0.25, 0.3) is 5.91 Å². The number of aryl methyl sites for hydroxylation is 1. The third-order valence-electron chi connectivity index (χ3n) is 6.40. The highest BCUT2D eigenvalue weighted by atomic mass is 32.1. The SMILES string of the molecule is CCn1ncc(NC(=O)c2ccsc2)c1C1CC1NC1CCN(C2CC2)CC1. The Labute approximate surface area is 170 Å². The van der Waals surface area contributed by atoms with E-state index in [-0.39, 0.29) is 5.91 Å². The van der Waals surface area contributed by atoms with Gasteiger partial charge in [0.05, 0.1) is 23.1 Å². The van der Waals surface area contributed by atoms with E-state index < -0.39 is 0 Å². The zero-order valence-electron chi connectivity index (χ0n) is 16.4. The van der Waals surface area contributed by atoms with Crippen molar-refractivity contribution in [1.29, 1.82) is 0 Å². The van der Waals surface area contributed by atoms with Crippen molar-refractivity contribution in [3.05, 3.63) is 34.3 Å². The van der Waals surface area contributed by atoms with E-state index >= 15 is 0 Å². The number of rotatable bonds is 7. The summed E-state index contributed by atoms with van der Waals surface area (Å²) in [5.74, 6) is 0.400. The molecule has 3 heterocycles. The van der Waals surface area contributed by atoms with Gasteiger partial charge in [-0.05, 0) is 63.6 Å². The first-order valence-electron chi connectivity index (χ1n) is 10.6. The Morgan fingerprint density at radius 3 is 2.79 bits per heavy atom. The number of thiophene rings is 1. The number of aromatic nitrogens is 2. The van der Waals surface area contributed by atoms with Crippen LogP contribution < -0.4 is 10.6 Å². The van der Waals surface area contributed by atoms with Crippen molar-refractivity contribution < 1.29 is 4.79 Å². The summed E-state index contributed by atoms with van der Waals surface area (Å²) in [6.45, 7) is 5.43. The third kappa shape index (κ3) is 3.75. The lowest BCUT2D eigenvalue weighted by atomic mass is 10.0. The normalized spacial score (nSPS) is 25.8. The van der Waals surface area contributed by atoms with Crippen LogP contribution in [-0.4, -0.2) is 51.8 Å². The van der Waals surface area contributed by atoms with Crippen molar-refractivity contribution in [3.63, 3.8) is 0 Å². The van der Waals surface area contributed by atoms with Crippen molar-refractivity contribution in [2.75, 3.05) is 18.4 Å². The van der Waals surface area contributed by atoms with E-state index in [1.54, 1.807) is 11.3 Å². The van der Waals surface area contributed by atoms with Gasteiger partial charge in [0.15, 0.2) is 0 Å². The number of piperidine rings is 1. The first-order valence-corrected chi connectivity index (χ1v) is 11.6. The molecule has 0 radical (unpaired) electrons. The number of carbonyl (C=O) groups is 1. The van der Waals surface area contributed by atoms with Gasteiger partial charge in [0.1, 0.15) is 0 Å². The maximum absolute atomic E-state index is 12.5. The summed E-state index contributed by atoms with van der Waals surface area (Å²) in [6, 6.07) is 3.89. The molecule has 3 aliphatic rings. The fourth-order valence-corrected chi connectivity index (χ4v) is 5.21. The highest BCUT2D eigenvalue weighted by molar-refractivity contribution is 7.08. The number of amides is 1. The predicted molar refractivity (Wildman–Crippen MR) is 112 cm³/mol. The lowest BCUT2D eigenvalue weighted by Crippen LogP contribution is -2.44. The first-order chi connectivity index (χ1) is 13.7. The molecular formula is C21H29N5OS. The Kier molecular flexibility index (Phi) is 4.99. The smallest absolute Gasteiger partial charge is 0.256 e. The Hall–Kier alpha value is -1.70. The monoisotopic (exact) mass is 399 g/mol. The number of carbonyl (C=O) groups excluding carboxylic acids is 1. The molecule has 150 valence electrons. The van der Waals surface area contributed by atoms with Crippen LogP contribution in [0.1, 0.15) is 61.0 Å². The van der Waals surface area contributed by atoms with E-state index in [1.807, 2.05) is 27.7 Å². The van der Waals surface area contributed by atoms with E-state index in [4.69, 9.17) is 0 Å². The summed E-state index contributed by atoms with van der Waals surface area (Å²) >= 11 is 1.54. The number of nitrogens with one attached hydrogen (secondary N) is 2. The summed E-state index contributed by atoms with van der Waals surface area (Å²) in [5, 5.41) is 15.3. The Morgan fingerprint density at radius 1 is 1.29 bits per heavy atom. The number of hydrogen-bond donors (Lipinski definition) is 2. The Morgan fingerprint density at radius 2 is 2.11 bits per heavy atom. The number of hydrogen-bond acceptors (Lipinski definition) is 5. The molecule has 2 saturated carbocycles. The Balaban J connectivity index is 1.21. The van der Waals surface area contributed by atoms with Gasteiger partial charge in [-0.15, -0.1) is 0 Å². The van der Waals surface area contributed by atoms with Crippen LogP contribution in [0.15, 0.2) is 23.0 Å². The van der Waals surface area contributed by atoms with E-state index in [2.05, 4.69) is 27.6 Å². The van der Waals surface area contributed by atoms with Crippen LogP contribution in [-0.2, 0) is 6.54 Å². The van der Waals surface area contributed by atoms with Gasteiger partial charge in [0, 0.05) is 36.0 Å². The van der Waals surface area contributed by atoms with E-state index in [0.29, 0.717) is 23.6 Å². The average Bonchev–Trinajstić information content (AvgIpc) is 3.59. The van der Waals surface area contributed by atoms with E-state index in [9.17, 15) is 4.79 Å². The fourth-order valence-electron chi connectivity index (χ4n) is 4.58. The van der Waals surface area contributed by atoms with E-state index in [1.165, 1.54) is 44.5 Å². The highest BCUT2D eigenvalue weighted by Crippen LogP contribution is 2.45. The average molecular weight is 400 g/mol. The zero-order chi connectivity index (χ0) is 19.1. The molecule has 2 atom stereocenters. The lowest BCUT2D eigenvalue weighted by molar-refractivity contribution is 0.102. The molecule has 0 aromatic carbocycles.